The molecule has 1 heterocycles. The van der Waals surface area contributed by atoms with Crippen molar-refractivity contribution in [2.45, 2.75) is 13.8 Å². The SMILES string of the molecule is COc1cc(/C=C2/SC(=O)N(CC(=O)Nc3ccc(C)cc3)C2=O)ccc1OCC(=O)Nc1cccc(C)c1. The van der Waals surface area contributed by atoms with Gasteiger partial charge in [0.1, 0.15) is 6.54 Å². The molecule has 0 unspecified atom stereocenters. The van der Waals surface area contributed by atoms with E-state index >= 15 is 0 Å². The lowest BCUT2D eigenvalue weighted by Gasteiger charge is -2.13. The number of amides is 4. The number of nitrogens with zero attached hydrogens (tertiary/aromatic N) is 1. The summed E-state index contributed by atoms with van der Waals surface area (Å²) >= 11 is 0.754. The van der Waals surface area contributed by atoms with Gasteiger partial charge in [0.2, 0.25) is 5.91 Å². The van der Waals surface area contributed by atoms with Crippen molar-refractivity contribution in [1.29, 1.82) is 0 Å². The number of benzene rings is 3. The number of hydrogen-bond acceptors (Lipinski definition) is 7. The predicted molar refractivity (Wildman–Crippen MR) is 151 cm³/mol. The van der Waals surface area contributed by atoms with Crippen LogP contribution >= 0.6 is 11.8 Å². The first kappa shape index (κ1) is 27.5. The number of methoxy groups -OCH3 is 1. The van der Waals surface area contributed by atoms with Gasteiger partial charge in [0, 0.05) is 11.4 Å². The monoisotopic (exact) mass is 545 g/mol. The molecule has 4 amide bonds. The zero-order valence-corrected chi connectivity index (χ0v) is 22.5. The Bertz CT molecular complexity index is 1450. The van der Waals surface area contributed by atoms with Crippen molar-refractivity contribution in [2.24, 2.45) is 0 Å². The van der Waals surface area contributed by atoms with E-state index in [0.717, 1.165) is 27.8 Å². The number of anilines is 2. The summed E-state index contributed by atoms with van der Waals surface area (Å²) in [6.45, 7) is 3.24. The van der Waals surface area contributed by atoms with Crippen LogP contribution in [0.25, 0.3) is 6.08 Å². The number of rotatable bonds is 9. The second kappa shape index (κ2) is 12.3. The number of aryl methyl sites for hydroxylation is 2. The Balaban J connectivity index is 1.37. The molecule has 200 valence electrons. The normalized spacial score (nSPS) is 13.9. The number of ether oxygens (including phenoxy) is 2. The van der Waals surface area contributed by atoms with Crippen LogP contribution in [0.2, 0.25) is 0 Å². The lowest BCUT2D eigenvalue weighted by molar-refractivity contribution is -0.127. The molecule has 1 aliphatic heterocycles. The first-order valence-electron chi connectivity index (χ1n) is 12.0. The van der Waals surface area contributed by atoms with Gasteiger partial charge < -0.3 is 20.1 Å². The summed E-state index contributed by atoms with van der Waals surface area (Å²) in [6, 6.07) is 19.5. The molecule has 1 aliphatic rings. The topological polar surface area (TPSA) is 114 Å². The highest BCUT2D eigenvalue weighted by molar-refractivity contribution is 8.18. The standard InChI is InChI=1S/C29H27N3O6S/c1-18-7-10-21(11-8-18)30-26(33)16-32-28(35)25(39-29(32)36)15-20-9-12-23(24(14-20)37-3)38-17-27(34)31-22-6-4-5-19(2)13-22/h4-15H,16-17H2,1-3H3,(H,30,33)(H,31,34)/b25-15+. The lowest BCUT2D eigenvalue weighted by atomic mass is 10.2. The summed E-state index contributed by atoms with van der Waals surface area (Å²) in [5.41, 5.74) is 3.90. The third kappa shape index (κ3) is 7.26. The van der Waals surface area contributed by atoms with E-state index in [2.05, 4.69) is 10.6 Å². The molecule has 3 aromatic carbocycles. The van der Waals surface area contributed by atoms with Crippen molar-refractivity contribution in [3.8, 4) is 11.5 Å². The summed E-state index contributed by atoms with van der Waals surface area (Å²) in [7, 11) is 1.46. The van der Waals surface area contributed by atoms with Crippen molar-refractivity contribution in [3.63, 3.8) is 0 Å². The number of imide groups is 1. The van der Waals surface area contributed by atoms with Gasteiger partial charge in [-0.15, -0.1) is 0 Å². The summed E-state index contributed by atoms with van der Waals surface area (Å²) in [6.07, 6.45) is 1.54. The van der Waals surface area contributed by atoms with E-state index in [1.807, 2.05) is 44.2 Å². The third-order valence-corrected chi connectivity index (χ3v) is 6.56. The molecule has 0 aliphatic carbocycles. The molecule has 0 bridgehead atoms. The molecule has 9 nitrogen and oxygen atoms in total. The maximum atomic E-state index is 12.9. The molecule has 0 saturated carbocycles. The van der Waals surface area contributed by atoms with E-state index in [1.165, 1.54) is 7.11 Å². The Morgan fingerprint density at radius 1 is 0.872 bits per heavy atom. The van der Waals surface area contributed by atoms with Gasteiger partial charge in [-0.05, 0) is 79.2 Å². The fourth-order valence-electron chi connectivity index (χ4n) is 3.73. The van der Waals surface area contributed by atoms with Crippen LogP contribution in [-0.2, 0) is 14.4 Å². The molecular formula is C29H27N3O6S. The van der Waals surface area contributed by atoms with E-state index in [9.17, 15) is 19.2 Å². The first-order valence-corrected chi connectivity index (χ1v) is 12.8. The van der Waals surface area contributed by atoms with Crippen LogP contribution < -0.4 is 20.1 Å². The Hall–Kier alpha value is -4.57. The van der Waals surface area contributed by atoms with Gasteiger partial charge in [0.05, 0.1) is 12.0 Å². The van der Waals surface area contributed by atoms with Crippen LogP contribution in [0.5, 0.6) is 11.5 Å². The van der Waals surface area contributed by atoms with Crippen LogP contribution in [0.15, 0.2) is 71.6 Å². The van der Waals surface area contributed by atoms with Crippen molar-refractivity contribution in [1.82, 2.24) is 4.90 Å². The number of carbonyl (C=O) groups excluding carboxylic acids is 4. The largest absolute Gasteiger partial charge is 0.493 e. The second-order valence-electron chi connectivity index (χ2n) is 8.80. The van der Waals surface area contributed by atoms with Crippen LogP contribution in [0.1, 0.15) is 16.7 Å². The lowest BCUT2D eigenvalue weighted by Crippen LogP contribution is -2.36. The maximum absolute atomic E-state index is 12.9. The molecular weight excluding hydrogens is 518 g/mol. The molecule has 0 atom stereocenters. The Morgan fingerprint density at radius 2 is 1.62 bits per heavy atom. The van der Waals surface area contributed by atoms with Gasteiger partial charge in [-0.3, -0.25) is 24.1 Å². The summed E-state index contributed by atoms with van der Waals surface area (Å²) < 4.78 is 11.0. The van der Waals surface area contributed by atoms with Crippen molar-refractivity contribution >= 4 is 52.2 Å². The van der Waals surface area contributed by atoms with Gasteiger partial charge in [-0.2, -0.15) is 0 Å². The van der Waals surface area contributed by atoms with E-state index in [4.69, 9.17) is 9.47 Å². The third-order valence-electron chi connectivity index (χ3n) is 5.66. The predicted octanol–water partition coefficient (Wildman–Crippen LogP) is 5.00. The number of thioether (sulfide) groups is 1. The highest BCUT2D eigenvalue weighted by Crippen LogP contribution is 2.34. The van der Waals surface area contributed by atoms with Crippen LogP contribution in [0.3, 0.4) is 0 Å². The van der Waals surface area contributed by atoms with Gasteiger partial charge >= 0.3 is 0 Å². The zero-order chi connectivity index (χ0) is 27.9. The zero-order valence-electron chi connectivity index (χ0n) is 21.6. The average molecular weight is 546 g/mol. The van der Waals surface area contributed by atoms with Gasteiger partial charge in [-0.1, -0.05) is 35.9 Å². The first-order chi connectivity index (χ1) is 18.7. The number of carbonyl (C=O) groups is 4. The van der Waals surface area contributed by atoms with Crippen molar-refractivity contribution in [3.05, 3.63) is 88.3 Å². The molecule has 4 rings (SSSR count). The van der Waals surface area contributed by atoms with Crippen molar-refractivity contribution in [2.75, 3.05) is 30.9 Å². The minimum Gasteiger partial charge on any atom is -0.493 e. The molecule has 39 heavy (non-hydrogen) atoms. The second-order valence-corrected chi connectivity index (χ2v) is 9.79. The highest BCUT2D eigenvalue weighted by Gasteiger charge is 2.36. The van der Waals surface area contributed by atoms with Crippen LogP contribution in [-0.4, -0.2) is 48.1 Å². The van der Waals surface area contributed by atoms with Crippen molar-refractivity contribution < 1.29 is 28.7 Å². The molecule has 1 fully saturated rings. The van der Waals surface area contributed by atoms with Gasteiger partial charge in [0.25, 0.3) is 17.1 Å². The van der Waals surface area contributed by atoms with Crippen LogP contribution in [0, 0.1) is 13.8 Å². The molecule has 1 saturated heterocycles. The minimum atomic E-state index is -0.559. The molecule has 0 spiro atoms. The molecule has 0 radical (unpaired) electrons. The molecule has 0 aromatic heterocycles. The molecule has 2 N–H and O–H groups in total. The van der Waals surface area contributed by atoms with E-state index in [1.54, 1.807) is 42.5 Å². The van der Waals surface area contributed by atoms with E-state index in [0.29, 0.717) is 28.4 Å². The highest BCUT2D eigenvalue weighted by atomic mass is 32.2. The summed E-state index contributed by atoms with van der Waals surface area (Å²) in [5, 5.41) is 4.93. The average Bonchev–Trinajstić information content (AvgIpc) is 3.16. The van der Waals surface area contributed by atoms with Gasteiger partial charge in [-0.25, -0.2) is 0 Å². The fourth-order valence-corrected chi connectivity index (χ4v) is 4.56. The Kier molecular flexibility index (Phi) is 8.67. The number of nitrogens with one attached hydrogen (secondary N) is 2. The smallest absolute Gasteiger partial charge is 0.294 e. The van der Waals surface area contributed by atoms with Crippen LogP contribution in [0.4, 0.5) is 16.2 Å². The maximum Gasteiger partial charge on any atom is 0.294 e. The minimum absolute atomic E-state index is 0.177. The fraction of sp³-hybridized carbons (Fsp3) is 0.172. The number of hydrogen-bond donors (Lipinski definition) is 2. The van der Waals surface area contributed by atoms with E-state index < -0.39 is 23.6 Å². The Morgan fingerprint density at radius 3 is 2.33 bits per heavy atom. The summed E-state index contributed by atoms with van der Waals surface area (Å²) in [5.74, 6) is -0.668. The van der Waals surface area contributed by atoms with Gasteiger partial charge in [0.15, 0.2) is 18.1 Å². The van der Waals surface area contributed by atoms with E-state index in [-0.39, 0.29) is 17.4 Å². The molecule has 3 aromatic rings. The Labute approximate surface area is 230 Å². The summed E-state index contributed by atoms with van der Waals surface area (Å²) in [4.78, 5) is 51.1. The molecule has 10 heteroatoms. The quantitative estimate of drug-likeness (QED) is 0.364.